The molecule has 0 aromatic heterocycles. The lowest BCUT2D eigenvalue weighted by atomic mass is 9.67. The number of hydrogen-bond donors (Lipinski definition) is 0. The lowest BCUT2D eigenvalue weighted by molar-refractivity contribution is 0.223. The molecule has 2 saturated carbocycles. The van der Waals surface area contributed by atoms with Gasteiger partial charge < -0.3 is 0 Å². The predicted octanol–water partition coefficient (Wildman–Crippen LogP) is 5.35. The Balaban J connectivity index is 1.99. The van der Waals surface area contributed by atoms with E-state index in [-0.39, 0.29) is 0 Å². The summed E-state index contributed by atoms with van der Waals surface area (Å²) in [6, 6.07) is 0. The topological polar surface area (TPSA) is 0 Å². The van der Waals surface area contributed by atoms with E-state index in [0.29, 0.717) is 17.3 Å². The van der Waals surface area contributed by atoms with E-state index < -0.39 is 16.9 Å². The third-order valence-electron chi connectivity index (χ3n) is 5.88. The van der Waals surface area contributed by atoms with Crippen molar-refractivity contribution in [2.45, 2.75) is 71.3 Å². The van der Waals surface area contributed by atoms with Gasteiger partial charge in [-0.15, -0.1) is 11.1 Å². The second-order valence-corrected chi connectivity index (χ2v) is 16.7. The summed E-state index contributed by atoms with van der Waals surface area (Å²) in [7, 11) is -2.14. The van der Waals surface area contributed by atoms with E-state index in [2.05, 4.69) is 67.8 Å². The highest BCUT2D eigenvalue weighted by atomic mass is 28.3. The van der Waals surface area contributed by atoms with Gasteiger partial charge in [-0.3, -0.25) is 0 Å². The number of fused-ring (bicyclic) bond motifs is 2. The normalized spacial score (nSPS) is 27.8. The van der Waals surface area contributed by atoms with Crippen molar-refractivity contribution in [1.29, 1.82) is 0 Å². The lowest BCUT2D eigenvalue weighted by Gasteiger charge is -2.36. The van der Waals surface area contributed by atoms with Gasteiger partial charge in [-0.25, -0.2) is 0 Å². The van der Waals surface area contributed by atoms with Gasteiger partial charge in [0.25, 0.3) is 0 Å². The molecule has 0 bridgehead atoms. The summed E-state index contributed by atoms with van der Waals surface area (Å²) in [5.41, 5.74) is 10.6. The molecule has 0 amide bonds. The number of rotatable bonds is 0. The maximum absolute atomic E-state index is 3.66. The summed E-state index contributed by atoms with van der Waals surface area (Å²) in [5.74, 6) is 8.55. The predicted molar refractivity (Wildman–Crippen MR) is 111 cm³/mol. The summed E-state index contributed by atoms with van der Waals surface area (Å²) in [5, 5.41) is 0. The average molecular weight is 353 g/mol. The summed E-state index contributed by atoms with van der Waals surface area (Å²) in [4.78, 5) is 0. The van der Waals surface area contributed by atoms with Crippen molar-refractivity contribution in [2.24, 2.45) is 17.3 Å². The molecule has 2 heteroatoms. The maximum atomic E-state index is 3.66. The lowest BCUT2D eigenvalue weighted by Crippen LogP contribution is -2.29. The highest BCUT2D eigenvalue weighted by molar-refractivity contribution is 6.83. The van der Waals surface area contributed by atoms with E-state index in [9.17, 15) is 0 Å². The van der Waals surface area contributed by atoms with Crippen LogP contribution in [0.4, 0.5) is 0 Å². The molecule has 3 rings (SSSR count). The van der Waals surface area contributed by atoms with Crippen LogP contribution in [0, 0.1) is 40.2 Å². The Hall–Kier alpha value is -0.966. The zero-order valence-corrected chi connectivity index (χ0v) is 18.3. The second-order valence-electron chi connectivity index (χ2n) is 9.36. The molecule has 0 aromatic rings. The Morgan fingerprint density at radius 3 is 2.29 bits per heavy atom. The summed E-state index contributed by atoms with van der Waals surface area (Å²) in [6.07, 6.45) is 13.0. The Kier molecular flexibility index (Phi) is 5.01. The van der Waals surface area contributed by atoms with Gasteiger partial charge in [-0.2, -0.15) is 0 Å². The number of hydrogen-bond acceptors (Lipinski definition) is 0. The molecule has 2 atom stereocenters. The highest BCUT2D eigenvalue weighted by Crippen LogP contribution is 2.61. The van der Waals surface area contributed by atoms with Crippen LogP contribution in [0.5, 0.6) is 0 Å². The third kappa shape index (κ3) is 3.66. The van der Waals surface area contributed by atoms with Crippen molar-refractivity contribution in [1.82, 2.24) is 0 Å². The first kappa shape index (κ1) is 17.8. The van der Waals surface area contributed by atoms with Gasteiger partial charge >= 0.3 is 0 Å². The largest absolute Gasteiger partial charge is 0.131 e. The third-order valence-corrected chi connectivity index (χ3v) is 7.48. The molecule has 2 fully saturated rings. The fraction of sp³-hybridized carbons (Fsp3) is 0.636. The van der Waals surface area contributed by atoms with Crippen LogP contribution in [-0.2, 0) is 0 Å². The van der Waals surface area contributed by atoms with Gasteiger partial charge in [-0.1, -0.05) is 57.4 Å². The first-order chi connectivity index (χ1) is 11.3. The first-order valence-electron chi connectivity index (χ1n) is 9.77. The van der Waals surface area contributed by atoms with Gasteiger partial charge in [0.05, 0.1) is 0 Å². The molecule has 3 aliphatic rings. The van der Waals surface area contributed by atoms with E-state index in [0.717, 1.165) is 0 Å². The fourth-order valence-electron chi connectivity index (χ4n) is 4.86. The van der Waals surface area contributed by atoms with Crippen molar-refractivity contribution in [3.63, 3.8) is 0 Å². The molecule has 3 aliphatic carbocycles. The monoisotopic (exact) mass is 352 g/mol. The summed E-state index contributed by atoms with van der Waals surface area (Å²) in [6.45, 7) is 11.7. The van der Waals surface area contributed by atoms with Gasteiger partial charge in [-0.05, 0) is 49.2 Å². The van der Waals surface area contributed by atoms with Crippen molar-refractivity contribution in [2.75, 3.05) is 0 Å². The number of allylic oxidation sites excluding steroid dienone is 4. The van der Waals surface area contributed by atoms with Gasteiger partial charge in [0.1, 0.15) is 16.9 Å². The van der Waals surface area contributed by atoms with Crippen molar-refractivity contribution in [3.05, 3.63) is 23.3 Å². The molecule has 0 nitrogen and oxygen atoms in total. The minimum atomic E-state index is -1.33. The van der Waals surface area contributed by atoms with E-state index >= 15 is 0 Å². The Morgan fingerprint density at radius 1 is 1.00 bits per heavy atom. The molecule has 0 heterocycles. The van der Waals surface area contributed by atoms with E-state index in [1.165, 1.54) is 49.7 Å². The van der Waals surface area contributed by atoms with Gasteiger partial charge in [0.2, 0.25) is 0 Å². The van der Waals surface area contributed by atoms with Crippen LogP contribution >= 0.6 is 0 Å². The minimum Gasteiger partial charge on any atom is -0.131 e. The molecular formula is C22H32Si2. The Bertz CT molecular complexity index is 673. The molecule has 0 N–H and O–H groups in total. The zero-order chi connectivity index (χ0) is 17.4. The van der Waals surface area contributed by atoms with Crippen LogP contribution in [-0.4, -0.2) is 16.9 Å². The SMILES string of the molecule is C[SiH](C)C#CC1=CC=C(C#C[Si](C)(C)C)C2C1CCC21CCCC1. The molecule has 2 unspecified atom stereocenters. The van der Waals surface area contributed by atoms with E-state index in [4.69, 9.17) is 0 Å². The van der Waals surface area contributed by atoms with Crippen LogP contribution in [0.25, 0.3) is 0 Å². The summed E-state index contributed by atoms with van der Waals surface area (Å²) < 4.78 is 0. The van der Waals surface area contributed by atoms with Crippen molar-refractivity contribution >= 4 is 16.9 Å². The van der Waals surface area contributed by atoms with Crippen LogP contribution < -0.4 is 0 Å². The molecule has 0 aromatic carbocycles. The average Bonchev–Trinajstić information content (AvgIpc) is 3.12. The maximum Gasteiger partial charge on any atom is 0.129 e. The van der Waals surface area contributed by atoms with Crippen LogP contribution in [0.2, 0.25) is 32.7 Å². The van der Waals surface area contributed by atoms with Crippen molar-refractivity contribution in [3.8, 4) is 22.9 Å². The highest BCUT2D eigenvalue weighted by Gasteiger charge is 2.52. The quantitative estimate of drug-likeness (QED) is 0.407. The molecule has 0 aliphatic heterocycles. The Labute approximate surface area is 151 Å². The van der Waals surface area contributed by atoms with Crippen LogP contribution in [0.1, 0.15) is 38.5 Å². The van der Waals surface area contributed by atoms with E-state index in [1.54, 1.807) is 0 Å². The fourth-order valence-corrected chi connectivity index (χ4v) is 5.84. The standard InChI is InChI=1S/C22H32Si2/c1-23(2)16-11-18-8-9-19(12-17-24(3,4)5)21-20(18)10-15-22(21)13-6-7-14-22/h8-9,20-21,23H,6-7,10,13-15H2,1-5H3. The van der Waals surface area contributed by atoms with E-state index in [1.807, 2.05) is 0 Å². The molecular weight excluding hydrogens is 320 g/mol. The van der Waals surface area contributed by atoms with Gasteiger partial charge in [0, 0.05) is 17.1 Å². The van der Waals surface area contributed by atoms with Crippen LogP contribution in [0.3, 0.4) is 0 Å². The second kappa shape index (κ2) is 6.74. The minimum absolute atomic E-state index is 0.543. The van der Waals surface area contributed by atoms with Crippen LogP contribution in [0.15, 0.2) is 23.3 Å². The van der Waals surface area contributed by atoms with Crippen molar-refractivity contribution < 1.29 is 0 Å². The molecule has 1 spiro atoms. The first-order valence-corrected chi connectivity index (χ1v) is 16.2. The Morgan fingerprint density at radius 2 is 1.67 bits per heavy atom. The molecule has 128 valence electrons. The zero-order valence-electron chi connectivity index (χ0n) is 16.1. The molecule has 0 radical (unpaired) electrons. The smallest absolute Gasteiger partial charge is 0.129 e. The molecule has 24 heavy (non-hydrogen) atoms. The van der Waals surface area contributed by atoms with Gasteiger partial charge in [0.15, 0.2) is 0 Å². The summed E-state index contributed by atoms with van der Waals surface area (Å²) >= 11 is 0. The molecule has 0 saturated heterocycles.